The average molecular weight is 437 g/mol. The number of anilines is 1. The average Bonchev–Trinajstić information content (AvgIpc) is 3.27. The van der Waals surface area contributed by atoms with Gasteiger partial charge >= 0.3 is 6.18 Å². The van der Waals surface area contributed by atoms with Crippen molar-refractivity contribution in [2.24, 2.45) is 0 Å². The Morgan fingerprint density at radius 3 is 2.48 bits per heavy atom. The van der Waals surface area contributed by atoms with Crippen molar-refractivity contribution >= 4 is 11.7 Å². The minimum absolute atomic E-state index is 0.0162. The maximum atomic E-state index is 13.8. The molecule has 8 nitrogen and oxygen atoms in total. The van der Waals surface area contributed by atoms with Crippen molar-refractivity contribution in [1.29, 1.82) is 0 Å². The number of hydrogen-bond donors (Lipinski definition) is 1. The van der Waals surface area contributed by atoms with Crippen LogP contribution >= 0.6 is 0 Å². The molecule has 164 valence electrons. The van der Waals surface area contributed by atoms with E-state index in [1.54, 1.807) is 13.8 Å². The molecule has 0 aliphatic carbocycles. The molecule has 0 aliphatic heterocycles. The van der Waals surface area contributed by atoms with Gasteiger partial charge in [0.05, 0.1) is 29.7 Å². The summed E-state index contributed by atoms with van der Waals surface area (Å²) in [4.78, 5) is 23.4. The van der Waals surface area contributed by atoms with Crippen molar-refractivity contribution in [2.45, 2.75) is 26.1 Å². The molecule has 0 aliphatic rings. The largest absolute Gasteiger partial charge is 0.417 e. The molecule has 0 saturated heterocycles. The van der Waals surface area contributed by atoms with Gasteiger partial charge in [0.25, 0.3) is 5.91 Å². The molecule has 1 atom stereocenters. The van der Waals surface area contributed by atoms with E-state index >= 15 is 0 Å². The fraction of sp³-hybridized carbons (Fsp3) is 0.316. The Kier molecular flexibility index (Phi) is 6.47. The number of rotatable bonds is 7. The lowest BCUT2D eigenvalue weighted by Gasteiger charge is -2.29. The summed E-state index contributed by atoms with van der Waals surface area (Å²) >= 11 is 0. The lowest BCUT2D eigenvalue weighted by molar-refractivity contribution is -0.137. The van der Waals surface area contributed by atoms with Gasteiger partial charge in [0.1, 0.15) is 11.6 Å². The van der Waals surface area contributed by atoms with Crippen molar-refractivity contribution in [3.8, 4) is 5.82 Å². The van der Waals surface area contributed by atoms with Gasteiger partial charge in [-0.2, -0.15) is 23.4 Å². The molecule has 0 fully saturated rings. The standard InChI is InChI=1S/C19H19F4N7O/c1-3-29(12(2)9-24-16-5-4-13(10-25-16)19(21,22)23)18(31)15-8-14(20)11-26-17(15)30-27-6-7-28-30/h4-8,10-12H,3,9H2,1-2H3,(H,24,25). The monoisotopic (exact) mass is 437 g/mol. The molecule has 3 rings (SSSR count). The number of halogens is 4. The molecule has 1 N–H and O–H groups in total. The molecule has 3 heterocycles. The van der Waals surface area contributed by atoms with E-state index in [-0.39, 0.29) is 23.7 Å². The zero-order chi connectivity index (χ0) is 22.6. The minimum Gasteiger partial charge on any atom is -0.368 e. The number of likely N-dealkylation sites (N-methyl/N-ethyl adjacent to an activating group) is 1. The lowest BCUT2D eigenvalue weighted by atomic mass is 10.1. The first-order chi connectivity index (χ1) is 14.7. The lowest BCUT2D eigenvalue weighted by Crippen LogP contribution is -2.42. The second-order valence-corrected chi connectivity index (χ2v) is 6.59. The maximum absolute atomic E-state index is 13.8. The molecule has 0 spiro atoms. The van der Waals surface area contributed by atoms with Crippen molar-refractivity contribution in [3.63, 3.8) is 0 Å². The third-order valence-corrected chi connectivity index (χ3v) is 4.47. The fourth-order valence-electron chi connectivity index (χ4n) is 2.91. The number of nitrogens with zero attached hydrogens (tertiary/aromatic N) is 6. The first-order valence-corrected chi connectivity index (χ1v) is 9.31. The molecule has 31 heavy (non-hydrogen) atoms. The predicted molar refractivity (Wildman–Crippen MR) is 103 cm³/mol. The molecular formula is C19H19F4N7O. The number of amides is 1. The Labute approximate surface area is 174 Å². The van der Waals surface area contributed by atoms with E-state index in [1.165, 1.54) is 23.4 Å². The number of carbonyl (C=O) groups excluding carboxylic acids is 1. The SMILES string of the molecule is CCN(C(=O)c1cc(F)cnc1-n1nccn1)C(C)CNc1ccc(C(F)(F)F)cn1. The summed E-state index contributed by atoms with van der Waals surface area (Å²) in [6.07, 6.45) is 0.0376. The normalized spacial score (nSPS) is 12.5. The zero-order valence-electron chi connectivity index (χ0n) is 16.6. The Balaban J connectivity index is 1.74. The van der Waals surface area contributed by atoms with Gasteiger partial charge in [-0.3, -0.25) is 4.79 Å². The minimum atomic E-state index is -4.47. The van der Waals surface area contributed by atoms with Crippen molar-refractivity contribution in [3.05, 3.63) is 59.9 Å². The summed E-state index contributed by atoms with van der Waals surface area (Å²) in [6, 6.07) is 2.80. The van der Waals surface area contributed by atoms with Crippen LogP contribution in [0, 0.1) is 5.82 Å². The second kappa shape index (κ2) is 9.06. The molecule has 12 heteroatoms. The molecule has 0 aromatic carbocycles. The Morgan fingerprint density at radius 2 is 1.90 bits per heavy atom. The van der Waals surface area contributed by atoms with Crippen LogP contribution in [0.5, 0.6) is 0 Å². The van der Waals surface area contributed by atoms with E-state index in [4.69, 9.17) is 0 Å². The smallest absolute Gasteiger partial charge is 0.368 e. The van der Waals surface area contributed by atoms with Crippen LogP contribution in [0.15, 0.2) is 43.0 Å². The highest BCUT2D eigenvalue weighted by Crippen LogP contribution is 2.28. The van der Waals surface area contributed by atoms with E-state index in [0.29, 0.717) is 6.54 Å². The van der Waals surface area contributed by atoms with Crippen LogP contribution in [0.4, 0.5) is 23.4 Å². The van der Waals surface area contributed by atoms with Gasteiger partial charge in [-0.15, -0.1) is 4.80 Å². The van der Waals surface area contributed by atoms with E-state index in [1.807, 2.05) is 0 Å². The first-order valence-electron chi connectivity index (χ1n) is 9.31. The predicted octanol–water partition coefficient (Wildman–Crippen LogP) is 3.18. The fourth-order valence-corrected chi connectivity index (χ4v) is 2.91. The molecule has 3 aromatic heterocycles. The van der Waals surface area contributed by atoms with Crippen LogP contribution in [0.2, 0.25) is 0 Å². The van der Waals surface area contributed by atoms with Gasteiger partial charge in [0.15, 0.2) is 5.82 Å². The second-order valence-electron chi connectivity index (χ2n) is 6.59. The van der Waals surface area contributed by atoms with Gasteiger partial charge in [-0.25, -0.2) is 14.4 Å². The van der Waals surface area contributed by atoms with Crippen LogP contribution in [0.1, 0.15) is 29.8 Å². The Bertz CT molecular complexity index is 1020. The number of carbonyl (C=O) groups is 1. The van der Waals surface area contributed by atoms with Gasteiger partial charge in [-0.1, -0.05) is 0 Å². The summed E-state index contributed by atoms with van der Waals surface area (Å²) in [7, 11) is 0. The summed E-state index contributed by atoms with van der Waals surface area (Å²) < 4.78 is 51.8. The zero-order valence-corrected chi connectivity index (χ0v) is 16.6. The Morgan fingerprint density at radius 1 is 1.19 bits per heavy atom. The van der Waals surface area contributed by atoms with Gasteiger partial charge in [0, 0.05) is 25.3 Å². The molecule has 1 amide bonds. The number of aromatic nitrogens is 5. The molecule has 1 unspecified atom stereocenters. The topological polar surface area (TPSA) is 88.8 Å². The summed E-state index contributed by atoms with van der Waals surface area (Å²) in [5, 5.41) is 10.8. The summed E-state index contributed by atoms with van der Waals surface area (Å²) in [5.41, 5.74) is -0.868. The van der Waals surface area contributed by atoms with E-state index < -0.39 is 29.5 Å². The quantitative estimate of drug-likeness (QED) is 0.572. The van der Waals surface area contributed by atoms with Gasteiger partial charge in [0.2, 0.25) is 0 Å². The number of alkyl halides is 3. The van der Waals surface area contributed by atoms with E-state index in [0.717, 1.165) is 29.3 Å². The molecular weight excluding hydrogens is 418 g/mol. The summed E-state index contributed by atoms with van der Waals surface area (Å²) in [5.74, 6) is -0.858. The van der Waals surface area contributed by atoms with Crippen LogP contribution in [0.25, 0.3) is 5.82 Å². The number of pyridine rings is 2. The number of hydrogen-bond acceptors (Lipinski definition) is 6. The van der Waals surface area contributed by atoms with Gasteiger partial charge in [-0.05, 0) is 32.0 Å². The van der Waals surface area contributed by atoms with Crippen LogP contribution < -0.4 is 5.32 Å². The third-order valence-electron chi connectivity index (χ3n) is 4.47. The van der Waals surface area contributed by atoms with E-state index in [2.05, 4.69) is 25.5 Å². The van der Waals surface area contributed by atoms with Crippen LogP contribution in [0.3, 0.4) is 0 Å². The molecule has 0 radical (unpaired) electrons. The maximum Gasteiger partial charge on any atom is 0.417 e. The molecule has 0 saturated carbocycles. The molecule has 3 aromatic rings. The van der Waals surface area contributed by atoms with E-state index in [9.17, 15) is 22.4 Å². The Hall–Kier alpha value is -3.57. The van der Waals surface area contributed by atoms with Crippen LogP contribution in [-0.4, -0.2) is 54.9 Å². The highest BCUT2D eigenvalue weighted by Gasteiger charge is 2.30. The van der Waals surface area contributed by atoms with Crippen molar-refractivity contribution in [1.82, 2.24) is 29.9 Å². The van der Waals surface area contributed by atoms with Crippen molar-refractivity contribution in [2.75, 3.05) is 18.4 Å². The van der Waals surface area contributed by atoms with Gasteiger partial charge < -0.3 is 10.2 Å². The molecule has 0 bridgehead atoms. The third kappa shape index (κ3) is 5.13. The number of nitrogens with one attached hydrogen (secondary N) is 1. The first kappa shape index (κ1) is 22.1. The highest BCUT2D eigenvalue weighted by atomic mass is 19.4. The summed E-state index contributed by atoms with van der Waals surface area (Å²) in [6.45, 7) is 4.00. The highest BCUT2D eigenvalue weighted by molar-refractivity contribution is 5.97. The van der Waals surface area contributed by atoms with Crippen LogP contribution in [-0.2, 0) is 6.18 Å². The van der Waals surface area contributed by atoms with Crippen molar-refractivity contribution < 1.29 is 22.4 Å².